The van der Waals surface area contributed by atoms with Gasteiger partial charge in [0.1, 0.15) is 11.5 Å². The number of carbonyl (C=O) groups is 4. The van der Waals surface area contributed by atoms with Crippen LogP contribution >= 0.6 is 0 Å². The van der Waals surface area contributed by atoms with Gasteiger partial charge in [0.25, 0.3) is 11.8 Å². The van der Waals surface area contributed by atoms with E-state index in [-0.39, 0.29) is 69.3 Å². The van der Waals surface area contributed by atoms with Gasteiger partial charge in [0.05, 0.1) is 19.1 Å². The number of amides is 3. The topological polar surface area (TPSA) is 139 Å². The molecule has 2 heterocycles. The highest BCUT2D eigenvalue weighted by atomic mass is 19.1. The molecule has 1 atom stereocenters. The number of benzene rings is 2. The second-order valence-electron chi connectivity index (χ2n) is 12.0. The Kier molecular flexibility index (Phi) is 10.4. The van der Waals surface area contributed by atoms with Crippen LogP contribution in [0.4, 0.5) is 4.39 Å². The average Bonchev–Trinajstić information content (AvgIpc) is 3.75. The lowest BCUT2D eigenvalue weighted by atomic mass is 9.76. The molecule has 3 aromatic rings. The Morgan fingerprint density at radius 1 is 1.07 bits per heavy atom. The number of nitrogens with one attached hydrogen (secondary N) is 3. The first-order valence-corrected chi connectivity index (χ1v) is 15.8. The van der Waals surface area contributed by atoms with Crippen LogP contribution in [0.5, 0.6) is 11.5 Å². The summed E-state index contributed by atoms with van der Waals surface area (Å²) >= 11 is 0. The number of halogens is 1. The Hall–Kier alpha value is -4.61. The van der Waals surface area contributed by atoms with Gasteiger partial charge in [0.2, 0.25) is 5.91 Å². The Morgan fingerprint density at radius 3 is 2.65 bits per heavy atom. The summed E-state index contributed by atoms with van der Waals surface area (Å²) < 4.78 is 30.6. The van der Waals surface area contributed by atoms with Crippen molar-refractivity contribution in [1.82, 2.24) is 20.5 Å². The highest BCUT2D eigenvalue weighted by Gasteiger charge is 2.44. The number of esters is 1. The number of aromatic amines is 1. The number of rotatable bonds is 6. The van der Waals surface area contributed by atoms with Crippen molar-refractivity contribution >= 4 is 34.6 Å². The molecule has 2 bridgehead atoms. The second kappa shape index (κ2) is 14.7. The fourth-order valence-electron chi connectivity index (χ4n) is 5.94. The van der Waals surface area contributed by atoms with Gasteiger partial charge in [-0.15, -0.1) is 0 Å². The second-order valence-corrected chi connectivity index (χ2v) is 12.0. The fraction of sp³-hybridized carbons (Fsp3) is 0.471. The molecule has 2 aromatic carbocycles. The summed E-state index contributed by atoms with van der Waals surface area (Å²) in [6.07, 6.45) is 3.35. The Balaban J connectivity index is 1.39. The van der Waals surface area contributed by atoms with Crippen molar-refractivity contribution < 1.29 is 37.8 Å². The number of aromatic nitrogens is 1. The molecule has 1 aliphatic carbocycles. The highest BCUT2D eigenvalue weighted by Crippen LogP contribution is 2.43. The van der Waals surface area contributed by atoms with Gasteiger partial charge in [0.15, 0.2) is 18.1 Å². The maximum Gasteiger partial charge on any atom is 0.314 e. The zero-order chi connectivity index (χ0) is 32.7. The van der Waals surface area contributed by atoms with Gasteiger partial charge in [-0.05, 0) is 74.1 Å². The molecule has 1 saturated carbocycles. The number of nitrogens with zero attached hydrogens (tertiary/aromatic N) is 1. The molecule has 0 spiro atoms. The first kappa shape index (κ1) is 32.8. The minimum Gasteiger partial charge on any atom is -0.493 e. The zero-order valence-electron chi connectivity index (χ0n) is 26.3. The van der Waals surface area contributed by atoms with E-state index < -0.39 is 17.1 Å². The third-order valence-corrected chi connectivity index (χ3v) is 8.47. The molecule has 1 aliphatic heterocycles. The van der Waals surface area contributed by atoms with Crippen molar-refractivity contribution in [3.05, 3.63) is 59.5 Å². The van der Waals surface area contributed by atoms with Gasteiger partial charge < -0.3 is 34.7 Å². The van der Waals surface area contributed by atoms with Crippen molar-refractivity contribution in [3.63, 3.8) is 0 Å². The summed E-state index contributed by atoms with van der Waals surface area (Å²) in [4.78, 5) is 57.6. The predicted molar refractivity (Wildman–Crippen MR) is 168 cm³/mol. The van der Waals surface area contributed by atoms with Crippen LogP contribution in [0, 0.1) is 17.2 Å². The van der Waals surface area contributed by atoms with Crippen LogP contribution in [0.15, 0.2) is 42.5 Å². The first-order chi connectivity index (χ1) is 22.2. The summed E-state index contributed by atoms with van der Waals surface area (Å²) in [5.41, 5.74) is 0.674. The number of hydrogen-bond acceptors (Lipinski definition) is 7. The van der Waals surface area contributed by atoms with E-state index in [0.717, 1.165) is 18.4 Å². The van der Waals surface area contributed by atoms with E-state index in [0.29, 0.717) is 47.6 Å². The SMILES string of the molecule is CCOC(=O)C1(CC2CC2)CNC(=O)CCCN(C(=O)c2cc3cc(F)ccc3[nH]2)CCNC(=O)COc2cc(ccc2OC)C1. The maximum absolute atomic E-state index is 13.8. The summed E-state index contributed by atoms with van der Waals surface area (Å²) in [5.74, 6) is -0.630. The van der Waals surface area contributed by atoms with E-state index in [1.807, 2.05) is 6.07 Å². The molecular weight excluding hydrogens is 595 g/mol. The largest absolute Gasteiger partial charge is 0.493 e. The molecule has 3 amide bonds. The fourth-order valence-corrected chi connectivity index (χ4v) is 5.94. The molecule has 1 aromatic heterocycles. The van der Waals surface area contributed by atoms with Crippen molar-refractivity contribution in [1.29, 1.82) is 0 Å². The van der Waals surface area contributed by atoms with Crippen LogP contribution in [0.3, 0.4) is 0 Å². The van der Waals surface area contributed by atoms with Gasteiger partial charge in [-0.3, -0.25) is 19.2 Å². The van der Waals surface area contributed by atoms with E-state index in [4.69, 9.17) is 14.2 Å². The molecular formula is C34H41FN4O7. The van der Waals surface area contributed by atoms with Crippen molar-refractivity contribution in [2.24, 2.45) is 11.3 Å². The third-order valence-electron chi connectivity index (χ3n) is 8.47. The van der Waals surface area contributed by atoms with Crippen LogP contribution in [0.25, 0.3) is 10.9 Å². The van der Waals surface area contributed by atoms with E-state index in [9.17, 15) is 23.6 Å². The smallest absolute Gasteiger partial charge is 0.314 e. The van der Waals surface area contributed by atoms with E-state index in [2.05, 4.69) is 15.6 Å². The van der Waals surface area contributed by atoms with Gasteiger partial charge in [-0.2, -0.15) is 0 Å². The molecule has 11 nitrogen and oxygen atoms in total. The summed E-state index contributed by atoms with van der Waals surface area (Å²) in [6, 6.07) is 11.1. The van der Waals surface area contributed by atoms with Gasteiger partial charge in [-0.1, -0.05) is 18.9 Å². The van der Waals surface area contributed by atoms with E-state index >= 15 is 0 Å². The molecule has 3 N–H and O–H groups in total. The normalized spacial score (nSPS) is 20.1. The average molecular weight is 637 g/mol. The number of methoxy groups -OCH3 is 1. The summed E-state index contributed by atoms with van der Waals surface area (Å²) in [7, 11) is 1.50. The Bertz CT molecular complexity index is 1590. The molecule has 46 heavy (non-hydrogen) atoms. The minimum absolute atomic E-state index is 0.0973. The molecule has 12 heteroatoms. The zero-order valence-corrected chi connectivity index (χ0v) is 26.3. The summed E-state index contributed by atoms with van der Waals surface area (Å²) in [5, 5.41) is 6.33. The molecule has 246 valence electrons. The van der Waals surface area contributed by atoms with E-state index in [1.54, 1.807) is 36.1 Å². The number of H-pyrrole nitrogens is 1. The standard InChI is InChI=1S/C34H41FN4O7/c1-3-45-33(43)34(18-22-6-7-22)19-23-8-11-28(44-2)29(15-23)46-20-31(41)36-12-14-39(13-4-5-30(40)37-21-34)32(42)27-17-24-16-25(35)9-10-26(24)38-27/h8-11,15-17,22,38H,3-7,12-14,18-21H2,1-2H3,(H,36,41)(H,37,40). The van der Waals surface area contributed by atoms with Gasteiger partial charge in [0, 0.05) is 43.5 Å². The minimum atomic E-state index is -1.00. The van der Waals surface area contributed by atoms with Gasteiger partial charge in [-0.25, -0.2) is 4.39 Å². The Morgan fingerprint density at radius 2 is 1.89 bits per heavy atom. The molecule has 5 rings (SSSR count). The summed E-state index contributed by atoms with van der Waals surface area (Å²) in [6.45, 7) is 2.32. The number of ether oxygens (including phenoxy) is 3. The van der Waals surface area contributed by atoms with Crippen LogP contribution in [-0.2, 0) is 25.5 Å². The third kappa shape index (κ3) is 8.15. The monoisotopic (exact) mass is 636 g/mol. The molecule has 1 unspecified atom stereocenters. The molecule has 0 saturated heterocycles. The first-order valence-electron chi connectivity index (χ1n) is 15.8. The maximum atomic E-state index is 13.8. The van der Waals surface area contributed by atoms with Crippen molar-refractivity contribution in [2.75, 3.05) is 46.5 Å². The quantitative estimate of drug-likeness (QED) is 0.350. The molecule has 0 radical (unpaired) electrons. The predicted octanol–water partition coefficient (Wildman–Crippen LogP) is 3.76. The van der Waals surface area contributed by atoms with Crippen LogP contribution in [-0.4, -0.2) is 80.1 Å². The van der Waals surface area contributed by atoms with Crippen molar-refractivity contribution in [2.45, 2.75) is 45.4 Å². The lowest BCUT2D eigenvalue weighted by molar-refractivity contribution is -0.156. The number of hydrogen-bond donors (Lipinski definition) is 3. The molecule has 1 fully saturated rings. The Labute approximate surface area is 267 Å². The van der Waals surface area contributed by atoms with Crippen LogP contribution in [0.2, 0.25) is 0 Å². The number of fused-ring (bicyclic) bond motifs is 3. The highest BCUT2D eigenvalue weighted by molar-refractivity contribution is 5.98. The van der Waals surface area contributed by atoms with Crippen molar-refractivity contribution in [3.8, 4) is 11.5 Å². The van der Waals surface area contributed by atoms with Crippen LogP contribution < -0.4 is 20.1 Å². The molecule has 2 aliphatic rings. The lowest BCUT2D eigenvalue weighted by Gasteiger charge is -2.32. The van der Waals surface area contributed by atoms with E-state index in [1.165, 1.54) is 19.2 Å². The lowest BCUT2D eigenvalue weighted by Crippen LogP contribution is -2.46. The van der Waals surface area contributed by atoms with Gasteiger partial charge >= 0.3 is 5.97 Å². The number of carbonyl (C=O) groups excluding carboxylic acids is 4. The van der Waals surface area contributed by atoms with Crippen LogP contribution in [0.1, 0.15) is 55.1 Å².